The molecule has 1 aromatic heterocycles. The van der Waals surface area contributed by atoms with Crippen LogP contribution in [0.25, 0.3) is 0 Å². The van der Waals surface area contributed by atoms with Crippen LogP contribution in [0.1, 0.15) is 58.7 Å². The number of hydrogen-bond donors (Lipinski definition) is 2. The third-order valence-corrected chi connectivity index (χ3v) is 2.94. The summed E-state index contributed by atoms with van der Waals surface area (Å²) >= 11 is 0. The summed E-state index contributed by atoms with van der Waals surface area (Å²) < 4.78 is 5.47. The fourth-order valence-corrected chi connectivity index (χ4v) is 1.80. The van der Waals surface area contributed by atoms with E-state index < -0.39 is 0 Å². The molecule has 0 fully saturated rings. The van der Waals surface area contributed by atoms with Gasteiger partial charge in [-0.1, -0.05) is 27.7 Å². The lowest BCUT2D eigenvalue weighted by Gasteiger charge is -2.12. The first-order valence-corrected chi connectivity index (χ1v) is 8.11. The first-order chi connectivity index (χ1) is 10.2. The van der Waals surface area contributed by atoms with Crippen molar-refractivity contribution in [2.45, 2.75) is 52.9 Å². The van der Waals surface area contributed by atoms with Crippen LogP contribution in [0.4, 0.5) is 11.6 Å². The van der Waals surface area contributed by atoms with Crippen molar-refractivity contribution >= 4 is 11.6 Å². The fraction of sp³-hybridized carbons (Fsp3) is 0.750. The van der Waals surface area contributed by atoms with Crippen LogP contribution in [0.5, 0.6) is 0 Å². The molecule has 2 N–H and O–H groups in total. The maximum Gasteiger partial charge on any atom is 0.135 e. The molecule has 5 nitrogen and oxygen atoms in total. The molecule has 0 aliphatic heterocycles. The number of rotatable bonds is 11. The number of aromatic nitrogens is 2. The summed E-state index contributed by atoms with van der Waals surface area (Å²) in [7, 11) is 0. The molecule has 1 aromatic rings. The van der Waals surface area contributed by atoms with Crippen LogP contribution >= 0.6 is 0 Å². The zero-order chi connectivity index (χ0) is 15.5. The average molecular weight is 294 g/mol. The minimum absolute atomic E-state index is 0.321. The molecule has 1 heterocycles. The van der Waals surface area contributed by atoms with Gasteiger partial charge in [0.25, 0.3) is 0 Å². The molecule has 120 valence electrons. The number of hydrogen-bond acceptors (Lipinski definition) is 5. The van der Waals surface area contributed by atoms with Crippen molar-refractivity contribution < 1.29 is 4.74 Å². The highest BCUT2D eigenvalue weighted by Crippen LogP contribution is 2.17. The predicted molar refractivity (Wildman–Crippen MR) is 89.1 cm³/mol. The molecule has 0 aromatic carbocycles. The minimum Gasteiger partial charge on any atom is -0.381 e. The summed E-state index contributed by atoms with van der Waals surface area (Å²) in [6, 6.07) is 1.98. The summed E-state index contributed by atoms with van der Waals surface area (Å²) in [5.74, 6) is 2.99. The second-order valence-electron chi connectivity index (χ2n) is 5.47. The fourth-order valence-electron chi connectivity index (χ4n) is 1.80. The van der Waals surface area contributed by atoms with E-state index in [2.05, 4.69) is 48.3 Å². The van der Waals surface area contributed by atoms with Crippen molar-refractivity contribution in [2.75, 3.05) is 36.9 Å². The molecule has 0 aliphatic rings. The van der Waals surface area contributed by atoms with Crippen molar-refractivity contribution in [2.24, 2.45) is 0 Å². The van der Waals surface area contributed by atoms with Crippen LogP contribution in [0, 0.1) is 0 Å². The maximum absolute atomic E-state index is 5.47. The summed E-state index contributed by atoms with van der Waals surface area (Å²) in [4.78, 5) is 9.12. The van der Waals surface area contributed by atoms with Gasteiger partial charge in [0.1, 0.15) is 17.5 Å². The Hall–Kier alpha value is -1.36. The van der Waals surface area contributed by atoms with Gasteiger partial charge >= 0.3 is 0 Å². The van der Waals surface area contributed by atoms with Gasteiger partial charge in [0.2, 0.25) is 0 Å². The highest BCUT2D eigenvalue weighted by atomic mass is 16.5. The highest BCUT2D eigenvalue weighted by molar-refractivity contribution is 5.47. The molecule has 0 saturated heterocycles. The second-order valence-corrected chi connectivity index (χ2v) is 5.47. The summed E-state index contributed by atoms with van der Waals surface area (Å²) in [5, 5.41) is 6.70. The Morgan fingerprint density at radius 3 is 2.24 bits per heavy atom. The van der Waals surface area contributed by atoms with Gasteiger partial charge in [0, 0.05) is 38.3 Å². The second kappa shape index (κ2) is 10.4. The molecular formula is C16H30N4O. The van der Waals surface area contributed by atoms with Gasteiger partial charge in [0.15, 0.2) is 0 Å². The zero-order valence-electron chi connectivity index (χ0n) is 13.9. The van der Waals surface area contributed by atoms with E-state index in [4.69, 9.17) is 4.74 Å². The summed E-state index contributed by atoms with van der Waals surface area (Å²) in [6.07, 6.45) is 3.14. The monoisotopic (exact) mass is 294 g/mol. The van der Waals surface area contributed by atoms with Gasteiger partial charge in [-0.2, -0.15) is 0 Å². The lowest BCUT2D eigenvalue weighted by atomic mass is 10.2. The SMILES string of the molecule is CCCNc1cc(NCCCOCCC)nc(C(C)C)n1. The van der Waals surface area contributed by atoms with Gasteiger partial charge in [-0.25, -0.2) is 9.97 Å². The minimum atomic E-state index is 0.321. The van der Waals surface area contributed by atoms with E-state index >= 15 is 0 Å². The third kappa shape index (κ3) is 7.27. The van der Waals surface area contributed by atoms with Crippen molar-refractivity contribution in [1.29, 1.82) is 0 Å². The Balaban J connectivity index is 2.52. The van der Waals surface area contributed by atoms with E-state index in [0.717, 1.165) is 63.0 Å². The van der Waals surface area contributed by atoms with E-state index in [1.165, 1.54) is 0 Å². The van der Waals surface area contributed by atoms with Gasteiger partial charge in [-0.3, -0.25) is 0 Å². The van der Waals surface area contributed by atoms with Gasteiger partial charge in [-0.15, -0.1) is 0 Å². The van der Waals surface area contributed by atoms with Crippen LogP contribution in [-0.4, -0.2) is 36.3 Å². The van der Waals surface area contributed by atoms with E-state index in [0.29, 0.717) is 5.92 Å². The van der Waals surface area contributed by atoms with E-state index in [9.17, 15) is 0 Å². The quantitative estimate of drug-likeness (QED) is 0.610. The number of nitrogens with zero attached hydrogens (tertiary/aromatic N) is 2. The zero-order valence-corrected chi connectivity index (χ0v) is 13.9. The molecule has 0 atom stereocenters. The van der Waals surface area contributed by atoms with Gasteiger partial charge in [-0.05, 0) is 19.3 Å². The maximum atomic E-state index is 5.47. The molecule has 0 spiro atoms. The Morgan fingerprint density at radius 1 is 1.00 bits per heavy atom. The molecule has 0 radical (unpaired) electrons. The molecule has 0 amide bonds. The van der Waals surface area contributed by atoms with Crippen LogP contribution in [-0.2, 0) is 4.74 Å². The summed E-state index contributed by atoms with van der Waals surface area (Å²) in [6.45, 7) is 11.9. The Labute approximate surface area is 128 Å². The topological polar surface area (TPSA) is 59.1 Å². The predicted octanol–water partition coefficient (Wildman–Crippen LogP) is 3.65. The average Bonchev–Trinajstić information content (AvgIpc) is 2.48. The molecule has 5 heteroatoms. The standard InChI is InChI=1S/C16H30N4O/c1-5-8-17-14-12-15(20-16(19-14)13(3)4)18-9-7-11-21-10-6-2/h12-13H,5-11H2,1-4H3,(H2,17,18,19,20). The largest absolute Gasteiger partial charge is 0.381 e. The lowest BCUT2D eigenvalue weighted by molar-refractivity contribution is 0.134. The molecular weight excluding hydrogens is 264 g/mol. The molecule has 21 heavy (non-hydrogen) atoms. The van der Waals surface area contributed by atoms with Gasteiger partial charge < -0.3 is 15.4 Å². The van der Waals surface area contributed by atoms with Crippen molar-refractivity contribution in [1.82, 2.24) is 9.97 Å². The van der Waals surface area contributed by atoms with Crippen LogP contribution in [0.15, 0.2) is 6.07 Å². The number of anilines is 2. The molecule has 1 rings (SSSR count). The van der Waals surface area contributed by atoms with E-state index in [1.54, 1.807) is 0 Å². The number of ether oxygens (including phenoxy) is 1. The lowest BCUT2D eigenvalue weighted by Crippen LogP contribution is -2.11. The molecule has 0 bridgehead atoms. The van der Waals surface area contributed by atoms with Crippen LogP contribution in [0.3, 0.4) is 0 Å². The molecule has 0 aliphatic carbocycles. The summed E-state index contributed by atoms with van der Waals surface area (Å²) in [5.41, 5.74) is 0. The molecule has 0 saturated carbocycles. The first kappa shape index (κ1) is 17.7. The van der Waals surface area contributed by atoms with Gasteiger partial charge in [0.05, 0.1) is 0 Å². The van der Waals surface area contributed by atoms with Crippen molar-refractivity contribution in [3.63, 3.8) is 0 Å². The normalized spacial score (nSPS) is 10.9. The van der Waals surface area contributed by atoms with Crippen molar-refractivity contribution in [3.8, 4) is 0 Å². The first-order valence-electron chi connectivity index (χ1n) is 8.11. The van der Waals surface area contributed by atoms with Crippen LogP contribution < -0.4 is 10.6 Å². The highest BCUT2D eigenvalue weighted by Gasteiger charge is 2.07. The van der Waals surface area contributed by atoms with E-state index in [-0.39, 0.29) is 0 Å². The Kier molecular flexibility index (Phi) is 8.74. The molecule has 0 unspecified atom stereocenters. The Bertz CT molecular complexity index is 396. The number of nitrogens with one attached hydrogen (secondary N) is 2. The third-order valence-electron chi connectivity index (χ3n) is 2.94. The van der Waals surface area contributed by atoms with Crippen LogP contribution in [0.2, 0.25) is 0 Å². The Morgan fingerprint density at radius 2 is 1.67 bits per heavy atom. The van der Waals surface area contributed by atoms with Crippen molar-refractivity contribution in [3.05, 3.63) is 11.9 Å². The smallest absolute Gasteiger partial charge is 0.135 e. The van der Waals surface area contributed by atoms with E-state index in [1.807, 2.05) is 6.07 Å².